The molecule has 1 heterocycles. The standard InChI is InChI=1S/C10H35N5Si5/c1-16(2,11)13-18(5,6)15-19(7,8)14(17(3,4)12)20(15,9)10/h13H,11-12H2,1-10H3. The lowest BCUT2D eigenvalue weighted by atomic mass is 11.9. The van der Waals surface area contributed by atoms with Gasteiger partial charge in [-0.25, -0.2) is 0 Å². The topological polar surface area (TPSA) is 70.5 Å². The molecule has 5 nitrogen and oxygen atoms in total. The Kier molecular flexibility index (Phi) is 4.68. The van der Waals surface area contributed by atoms with E-state index in [0.717, 1.165) is 0 Å². The van der Waals surface area contributed by atoms with Crippen LogP contribution in [0.15, 0.2) is 0 Å². The van der Waals surface area contributed by atoms with Crippen LogP contribution in [0.3, 0.4) is 0 Å². The van der Waals surface area contributed by atoms with E-state index in [9.17, 15) is 0 Å². The first-order valence-corrected chi connectivity index (χ1v) is 22.3. The van der Waals surface area contributed by atoms with Crippen molar-refractivity contribution in [1.29, 1.82) is 0 Å². The van der Waals surface area contributed by atoms with Crippen molar-refractivity contribution in [1.82, 2.24) is 12.4 Å². The van der Waals surface area contributed by atoms with Crippen molar-refractivity contribution >= 4 is 42.0 Å². The van der Waals surface area contributed by atoms with Crippen LogP contribution in [0.1, 0.15) is 0 Å². The summed E-state index contributed by atoms with van der Waals surface area (Å²) in [5, 5.41) is 13.0. The molecule has 0 aromatic carbocycles. The zero-order valence-electron chi connectivity index (χ0n) is 15.0. The highest BCUT2D eigenvalue weighted by Crippen LogP contribution is 2.44. The van der Waals surface area contributed by atoms with Crippen LogP contribution in [0.5, 0.6) is 0 Å². The lowest BCUT2D eigenvalue weighted by Crippen LogP contribution is -3.00. The molecular formula is C10H35N5Si5. The van der Waals surface area contributed by atoms with Crippen LogP contribution in [0.2, 0.25) is 65.5 Å². The summed E-state index contributed by atoms with van der Waals surface area (Å²) >= 11 is 0. The molecule has 5 N–H and O–H groups in total. The van der Waals surface area contributed by atoms with Gasteiger partial charge in [0, 0.05) is 0 Å². The fourth-order valence-electron chi connectivity index (χ4n) is 5.12. The molecule has 120 valence electrons. The molecule has 0 radical (unpaired) electrons. The minimum atomic E-state index is -1.75. The third-order valence-electron chi connectivity index (χ3n) is 3.95. The van der Waals surface area contributed by atoms with Gasteiger partial charge in [0.15, 0.2) is 42.0 Å². The number of nitrogens with two attached hydrogens (primary N) is 2. The first kappa shape index (κ1) is 18.9. The van der Waals surface area contributed by atoms with Gasteiger partial charge < -0.3 is 23.2 Å². The molecule has 0 aromatic heterocycles. The molecule has 10 heteroatoms. The molecule has 0 saturated carbocycles. The van der Waals surface area contributed by atoms with Crippen LogP contribution < -0.4 is 15.4 Å². The van der Waals surface area contributed by atoms with E-state index in [-0.39, 0.29) is 0 Å². The average molecular weight is 366 g/mol. The second-order valence-corrected chi connectivity index (χ2v) is 30.9. The van der Waals surface area contributed by atoms with Gasteiger partial charge in [0.1, 0.15) is 0 Å². The normalized spacial score (nSPS) is 24.6. The van der Waals surface area contributed by atoms with Crippen molar-refractivity contribution in [2.24, 2.45) is 10.8 Å². The predicted molar refractivity (Wildman–Crippen MR) is 103 cm³/mol. The SMILES string of the molecule is C[Si](C)(N)N[Si](C)(C)N1[Si](C)(C)N([Si](C)(C)N)[Si]1(C)C. The Labute approximate surface area is 130 Å². The quantitative estimate of drug-likeness (QED) is 0.660. The van der Waals surface area contributed by atoms with E-state index < -0.39 is 42.0 Å². The Morgan fingerprint density at radius 1 is 0.750 bits per heavy atom. The van der Waals surface area contributed by atoms with Gasteiger partial charge in [0.25, 0.3) is 0 Å². The van der Waals surface area contributed by atoms with E-state index in [2.05, 4.69) is 77.9 Å². The summed E-state index contributed by atoms with van der Waals surface area (Å²) in [6.45, 7) is 23.7. The molecule has 1 aliphatic rings. The van der Waals surface area contributed by atoms with Crippen LogP contribution in [0, 0.1) is 0 Å². The van der Waals surface area contributed by atoms with Crippen LogP contribution in [0.4, 0.5) is 0 Å². The fraction of sp³-hybridized carbons (Fsp3) is 1.00. The van der Waals surface area contributed by atoms with Gasteiger partial charge in [-0.2, -0.15) is 0 Å². The van der Waals surface area contributed by atoms with E-state index >= 15 is 0 Å². The second-order valence-electron chi connectivity index (χ2n) is 8.72. The molecule has 0 spiro atoms. The molecule has 20 heavy (non-hydrogen) atoms. The molecule has 0 atom stereocenters. The summed E-state index contributed by atoms with van der Waals surface area (Å²) in [5.74, 6) is 0. The summed E-state index contributed by atoms with van der Waals surface area (Å²) < 4.78 is 9.62. The minimum absolute atomic E-state index is 1.58. The first-order chi connectivity index (χ1) is 8.44. The van der Waals surface area contributed by atoms with Gasteiger partial charge in [-0.1, -0.05) is 0 Å². The number of nitrogens with one attached hydrogen (secondary N) is 1. The van der Waals surface area contributed by atoms with E-state index in [1.807, 2.05) is 0 Å². The summed E-state index contributed by atoms with van der Waals surface area (Å²) in [5.41, 5.74) is 0. The maximum atomic E-state index is 6.61. The molecule has 0 amide bonds. The van der Waals surface area contributed by atoms with Gasteiger partial charge in [-0.15, -0.1) is 0 Å². The molecule has 1 rings (SSSR count). The van der Waals surface area contributed by atoms with E-state index in [4.69, 9.17) is 10.8 Å². The Morgan fingerprint density at radius 2 is 1.10 bits per heavy atom. The van der Waals surface area contributed by atoms with E-state index in [1.54, 1.807) is 0 Å². The number of rotatable bonds is 4. The monoisotopic (exact) mass is 365 g/mol. The smallest absolute Gasteiger partial charge is 0.186 e. The Hall–Kier alpha value is 0.884. The second kappa shape index (κ2) is 4.94. The maximum Gasteiger partial charge on any atom is 0.186 e. The van der Waals surface area contributed by atoms with Crippen molar-refractivity contribution in [3.63, 3.8) is 0 Å². The van der Waals surface area contributed by atoms with Crippen LogP contribution in [0.25, 0.3) is 0 Å². The van der Waals surface area contributed by atoms with Crippen molar-refractivity contribution in [3.8, 4) is 0 Å². The van der Waals surface area contributed by atoms with Gasteiger partial charge in [-0.05, 0) is 65.5 Å². The van der Waals surface area contributed by atoms with E-state index in [0.29, 0.717) is 0 Å². The van der Waals surface area contributed by atoms with Crippen LogP contribution in [-0.2, 0) is 0 Å². The molecule has 0 aliphatic carbocycles. The van der Waals surface area contributed by atoms with E-state index in [1.165, 1.54) is 0 Å². The molecular weight excluding hydrogens is 331 g/mol. The van der Waals surface area contributed by atoms with Crippen LogP contribution >= 0.6 is 0 Å². The van der Waals surface area contributed by atoms with Gasteiger partial charge in [-0.3, -0.25) is 0 Å². The molecule has 1 aliphatic heterocycles. The van der Waals surface area contributed by atoms with Crippen molar-refractivity contribution < 1.29 is 0 Å². The summed E-state index contributed by atoms with van der Waals surface area (Å²) in [4.78, 5) is 0. The molecule has 1 fully saturated rings. The summed E-state index contributed by atoms with van der Waals surface area (Å²) in [7, 11) is -8.34. The predicted octanol–water partition coefficient (Wildman–Crippen LogP) is 1.62. The van der Waals surface area contributed by atoms with Gasteiger partial charge in [0.2, 0.25) is 0 Å². The maximum absolute atomic E-state index is 6.61. The van der Waals surface area contributed by atoms with Gasteiger partial charge >= 0.3 is 0 Å². The zero-order valence-corrected chi connectivity index (χ0v) is 20.0. The minimum Gasteiger partial charge on any atom is -0.340 e. The zero-order chi connectivity index (χ0) is 16.4. The molecule has 0 bridgehead atoms. The fourth-order valence-corrected chi connectivity index (χ4v) is 49.8. The summed E-state index contributed by atoms with van der Waals surface area (Å²) in [6.07, 6.45) is 0. The van der Waals surface area contributed by atoms with Gasteiger partial charge in [0.05, 0.1) is 0 Å². The summed E-state index contributed by atoms with van der Waals surface area (Å²) in [6, 6.07) is 0. The largest absolute Gasteiger partial charge is 0.340 e. The number of hydrogen-bond donors (Lipinski definition) is 3. The highest BCUT2D eigenvalue weighted by Gasteiger charge is 2.68. The molecule has 0 aromatic rings. The highest BCUT2D eigenvalue weighted by atomic mass is 28.6. The Balaban J connectivity index is 3.16. The van der Waals surface area contributed by atoms with Crippen molar-refractivity contribution in [2.45, 2.75) is 65.5 Å². The highest BCUT2D eigenvalue weighted by molar-refractivity contribution is 7.20. The molecule has 0 unspecified atom stereocenters. The first-order valence-electron chi connectivity index (χ1n) is 7.42. The average Bonchev–Trinajstić information content (AvgIpc) is 1.86. The molecule has 1 saturated heterocycles. The Bertz CT molecular complexity index is 357. The third-order valence-corrected chi connectivity index (χ3v) is 35.6. The van der Waals surface area contributed by atoms with Crippen LogP contribution in [-0.4, -0.2) is 49.8 Å². The lowest BCUT2D eigenvalue weighted by molar-refractivity contribution is 0.604. The lowest BCUT2D eigenvalue weighted by Gasteiger charge is -2.75. The third kappa shape index (κ3) is 3.28. The Morgan fingerprint density at radius 3 is 1.35 bits per heavy atom. The van der Waals surface area contributed by atoms with Crippen molar-refractivity contribution in [3.05, 3.63) is 0 Å². The number of nitrogens with zero attached hydrogens (tertiary/aromatic N) is 2. The van der Waals surface area contributed by atoms with Crippen molar-refractivity contribution in [2.75, 3.05) is 0 Å². The number of hydrogen-bond acceptors (Lipinski definition) is 5.